The molecule has 0 N–H and O–H groups in total. The van der Waals surface area contributed by atoms with Crippen LogP contribution in [0.15, 0.2) is 0 Å². The van der Waals surface area contributed by atoms with Gasteiger partial charge in [-0.15, -0.1) is 0 Å². The Morgan fingerprint density at radius 2 is 1.71 bits per heavy atom. The third-order valence-corrected chi connectivity index (χ3v) is 1.86. The zero-order valence-corrected chi connectivity index (χ0v) is 5.83. The van der Waals surface area contributed by atoms with Crippen LogP contribution in [0.4, 0.5) is 0 Å². The Kier molecular flexibility index (Phi) is 2.81. The summed E-state index contributed by atoms with van der Waals surface area (Å²) >= 11 is 4.16. The van der Waals surface area contributed by atoms with E-state index in [1.165, 1.54) is 0 Å². The molecule has 0 aliphatic rings. The monoisotopic (exact) mass is 114 g/mol. The molecule has 2 heteroatoms. The van der Waals surface area contributed by atoms with E-state index in [2.05, 4.69) is 12.6 Å². The number of thiol groups is 1. The van der Waals surface area contributed by atoms with Gasteiger partial charge >= 0.3 is 0 Å². The van der Waals surface area contributed by atoms with Crippen molar-refractivity contribution in [2.24, 2.45) is 0 Å². The van der Waals surface area contributed by atoms with Crippen molar-refractivity contribution in [1.29, 1.82) is 0 Å². The fourth-order valence-corrected chi connectivity index (χ4v) is 0.250. The first-order chi connectivity index (χ1) is 3.12. The van der Waals surface area contributed by atoms with Crippen molar-refractivity contribution in [1.82, 2.24) is 0 Å². The van der Waals surface area contributed by atoms with Gasteiger partial charge in [0.1, 0.15) is 0 Å². The van der Waals surface area contributed by atoms with Crippen molar-refractivity contribution in [3.63, 3.8) is 0 Å². The lowest BCUT2D eigenvalue weighted by molar-refractivity contribution is 0.732. The predicted molar refractivity (Wildman–Crippen MR) is 38.1 cm³/mol. The van der Waals surface area contributed by atoms with Crippen molar-refractivity contribution in [2.75, 3.05) is 0 Å². The molecule has 0 spiro atoms. The van der Waals surface area contributed by atoms with E-state index in [9.17, 15) is 0 Å². The van der Waals surface area contributed by atoms with E-state index in [4.69, 9.17) is 7.85 Å². The van der Waals surface area contributed by atoms with E-state index in [1.807, 2.05) is 13.8 Å². The fraction of sp³-hybridized carbons (Fsp3) is 1.00. The maximum Gasteiger partial charge on any atom is 0.0889 e. The Labute approximate surface area is 52.5 Å². The van der Waals surface area contributed by atoms with Crippen molar-refractivity contribution in [3.05, 3.63) is 0 Å². The lowest BCUT2D eigenvalue weighted by Crippen LogP contribution is -2.17. The van der Waals surface area contributed by atoms with Crippen LogP contribution >= 0.6 is 12.6 Å². The second-order valence-corrected chi connectivity index (χ2v) is 2.70. The van der Waals surface area contributed by atoms with Gasteiger partial charge in [-0.2, -0.15) is 12.6 Å². The van der Waals surface area contributed by atoms with Gasteiger partial charge in [0.15, 0.2) is 0 Å². The molecule has 7 heavy (non-hydrogen) atoms. The van der Waals surface area contributed by atoms with Crippen molar-refractivity contribution >= 4 is 20.5 Å². The summed E-state index contributed by atoms with van der Waals surface area (Å²) in [4.78, 5) is 0. The first kappa shape index (κ1) is 7.41. The van der Waals surface area contributed by atoms with E-state index >= 15 is 0 Å². The SMILES string of the molecule is [B]C(S)(CC)CC. The second kappa shape index (κ2) is 2.66. The van der Waals surface area contributed by atoms with Gasteiger partial charge < -0.3 is 0 Å². The molecule has 40 valence electrons. The molecule has 0 aliphatic carbocycles. The summed E-state index contributed by atoms with van der Waals surface area (Å²) < 4.78 is -0.222. The van der Waals surface area contributed by atoms with E-state index in [0.717, 1.165) is 12.8 Å². The van der Waals surface area contributed by atoms with Crippen LogP contribution in [0.5, 0.6) is 0 Å². The van der Waals surface area contributed by atoms with E-state index < -0.39 is 0 Å². The third-order valence-electron chi connectivity index (χ3n) is 1.22. The average Bonchev–Trinajstić information content (AvgIpc) is 1.68. The summed E-state index contributed by atoms with van der Waals surface area (Å²) in [5.74, 6) is 0. The Hall–Kier alpha value is 0.415. The van der Waals surface area contributed by atoms with Crippen LogP contribution in [0.2, 0.25) is 0 Å². The van der Waals surface area contributed by atoms with Gasteiger partial charge in [0, 0.05) is 0 Å². The maximum atomic E-state index is 5.58. The summed E-state index contributed by atoms with van der Waals surface area (Å²) in [6, 6.07) is 0. The van der Waals surface area contributed by atoms with Crippen LogP contribution in [0.1, 0.15) is 26.7 Å². The number of rotatable bonds is 2. The van der Waals surface area contributed by atoms with Crippen LogP contribution in [0, 0.1) is 0 Å². The maximum absolute atomic E-state index is 5.58. The molecule has 0 atom stereocenters. The molecule has 0 aliphatic heterocycles. The molecule has 2 radical (unpaired) electrons. The van der Waals surface area contributed by atoms with Crippen molar-refractivity contribution in [2.45, 2.75) is 31.3 Å². The summed E-state index contributed by atoms with van der Waals surface area (Å²) in [6.07, 6.45) is 1.87. The lowest BCUT2D eigenvalue weighted by Gasteiger charge is -2.18. The van der Waals surface area contributed by atoms with Crippen LogP contribution in [-0.4, -0.2) is 12.5 Å². The minimum absolute atomic E-state index is 0.222. The molecule has 0 rings (SSSR count). The largest absolute Gasteiger partial charge is 0.182 e. The molecule has 0 bridgehead atoms. The van der Waals surface area contributed by atoms with Crippen LogP contribution in [-0.2, 0) is 0 Å². The Balaban J connectivity index is 3.36. The molecular weight excluding hydrogens is 103 g/mol. The summed E-state index contributed by atoms with van der Waals surface area (Å²) in [5.41, 5.74) is 0. The normalized spacial score (nSPS) is 11.9. The number of hydrogen-bond donors (Lipinski definition) is 1. The molecule has 0 saturated carbocycles. The van der Waals surface area contributed by atoms with E-state index in [-0.39, 0.29) is 4.65 Å². The Morgan fingerprint density at radius 1 is 1.43 bits per heavy atom. The van der Waals surface area contributed by atoms with Crippen molar-refractivity contribution < 1.29 is 0 Å². The highest BCUT2D eigenvalue weighted by Gasteiger charge is 2.10. The molecular formula is C5H11BS. The zero-order valence-electron chi connectivity index (χ0n) is 4.94. The summed E-state index contributed by atoms with van der Waals surface area (Å²) in [5, 5.41) is 0. The standard InChI is InChI=1S/C5H11BS/c1-3-5(6,7)4-2/h7H,3-4H2,1-2H3. The topological polar surface area (TPSA) is 0 Å². The van der Waals surface area contributed by atoms with Gasteiger partial charge in [0.25, 0.3) is 0 Å². The van der Waals surface area contributed by atoms with Gasteiger partial charge in [-0.25, -0.2) is 0 Å². The molecule has 0 aromatic heterocycles. The third kappa shape index (κ3) is 3.04. The van der Waals surface area contributed by atoms with Gasteiger partial charge in [-0.1, -0.05) is 13.8 Å². The summed E-state index contributed by atoms with van der Waals surface area (Å²) in [6.45, 7) is 4.08. The van der Waals surface area contributed by atoms with Crippen LogP contribution in [0.25, 0.3) is 0 Å². The predicted octanol–water partition coefficient (Wildman–Crippen LogP) is 1.60. The smallest absolute Gasteiger partial charge is 0.0889 e. The Morgan fingerprint density at radius 3 is 1.71 bits per heavy atom. The molecule has 0 aromatic rings. The Bertz CT molecular complexity index is 46.0. The lowest BCUT2D eigenvalue weighted by atomic mass is 9.82. The minimum Gasteiger partial charge on any atom is -0.182 e. The zero-order chi connectivity index (χ0) is 5.91. The molecule has 0 amide bonds. The fourth-order valence-electron chi connectivity index (χ4n) is 0.250. The van der Waals surface area contributed by atoms with Crippen molar-refractivity contribution in [3.8, 4) is 0 Å². The highest BCUT2D eigenvalue weighted by molar-refractivity contribution is 7.83. The minimum atomic E-state index is -0.222. The van der Waals surface area contributed by atoms with Gasteiger partial charge in [-0.05, 0) is 17.5 Å². The first-order valence-electron chi connectivity index (χ1n) is 2.63. The molecule has 0 heterocycles. The average molecular weight is 114 g/mol. The molecule has 0 saturated heterocycles. The quantitative estimate of drug-likeness (QED) is 0.409. The molecule has 0 unspecified atom stereocenters. The highest BCUT2D eigenvalue weighted by atomic mass is 32.1. The van der Waals surface area contributed by atoms with E-state index in [1.54, 1.807) is 0 Å². The highest BCUT2D eigenvalue weighted by Crippen LogP contribution is 2.17. The summed E-state index contributed by atoms with van der Waals surface area (Å²) in [7, 11) is 5.58. The van der Waals surface area contributed by atoms with Crippen LogP contribution in [0.3, 0.4) is 0 Å². The van der Waals surface area contributed by atoms with Gasteiger partial charge in [-0.3, -0.25) is 0 Å². The first-order valence-corrected chi connectivity index (χ1v) is 3.08. The molecule has 0 fully saturated rings. The number of hydrogen-bond acceptors (Lipinski definition) is 1. The van der Waals surface area contributed by atoms with Gasteiger partial charge in [0.05, 0.1) is 7.85 Å². The molecule has 0 nitrogen and oxygen atoms in total. The second-order valence-electron chi connectivity index (χ2n) is 1.81. The van der Waals surface area contributed by atoms with Crippen LogP contribution < -0.4 is 0 Å². The molecule has 0 aromatic carbocycles. The van der Waals surface area contributed by atoms with Gasteiger partial charge in [0.2, 0.25) is 0 Å². The van der Waals surface area contributed by atoms with E-state index in [0.29, 0.717) is 0 Å².